The molecular formula is C24H24N8O3. The number of anilines is 1. The predicted molar refractivity (Wildman–Crippen MR) is 133 cm³/mol. The minimum Gasteiger partial charge on any atom is -0.475 e. The lowest BCUT2D eigenvalue weighted by Crippen LogP contribution is -2.22. The number of hydrogen-bond donors (Lipinski definition) is 4. The standard InChI is InChI=1S/C24H24N8O3/c1-2-34-23-21(19-7-3-5-9-31(19)29-23)27-17-14-18(16(26)13-15(17)25)28-22-20-8-4-6-10-32(20)30-24(22)35-12-11-33/h3-10,13-14,25,27,33H,2,11-12,26H2,1H3/b25-15?,28-18-. The second kappa shape index (κ2) is 9.31. The molecule has 5 rings (SSSR count). The van der Waals surface area contributed by atoms with E-state index in [0.29, 0.717) is 46.5 Å². The molecule has 0 saturated heterocycles. The lowest BCUT2D eigenvalue weighted by molar-refractivity contribution is 0.197. The Morgan fingerprint density at radius 2 is 1.74 bits per heavy atom. The van der Waals surface area contributed by atoms with Crippen molar-refractivity contribution in [2.75, 3.05) is 25.1 Å². The first kappa shape index (κ1) is 22.2. The van der Waals surface area contributed by atoms with Crippen molar-refractivity contribution in [1.29, 1.82) is 5.41 Å². The Kier molecular flexibility index (Phi) is 5.90. The van der Waals surface area contributed by atoms with E-state index in [9.17, 15) is 5.11 Å². The molecule has 0 amide bonds. The van der Waals surface area contributed by atoms with Crippen LogP contribution in [0.25, 0.3) is 11.0 Å². The molecule has 1 aliphatic rings. The first-order chi connectivity index (χ1) is 17.1. The SMILES string of the molecule is CCOc1nn2ccccc2c1NC1=C/C(=N/c2c(OCCO)nn3ccccc23)C(N)=CC1=N. The number of ether oxygens (including phenoxy) is 2. The molecule has 0 radical (unpaired) electrons. The van der Waals surface area contributed by atoms with Gasteiger partial charge in [0.2, 0.25) is 0 Å². The molecule has 4 aromatic heterocycles. The number of fused-ring (bicyclic) bond motifs is 2. The molecule has 0 aliphatic heterocycles. The predicted octanol–water partition coefficient (Wildman–Crippen LogP) is 2.70. The number of pyridine rings is 2. The third-order valence-corrected chi connectivity index (χ3v) is 5.26. The van der Waals surface area contributed by atoms with Gasteiger partial charge in [-0.15, -0.1) is 10.2 Å². The summed E-state index contributed by atoms with van der Waals surface area (Å²) in [5, 5.41) is 29.9. The van der Waals surface area contributed by atoms with Crippen molar-refractivity contribution in [3.8, 4) is 11.8 Å². The van der Waals surface area contributed by atoms with Gasteiger partial charge in [0.15, 0.2) is 5.69 Å². The highest BCUT2D eigenvalue weighted by Crippen LogP contribution is 2.34. The number of aromatic nitrogens is 4. The van der Waals surface area contributed by atoms with Gasteiger partial charge in [0.05, 0.1) is 47.1 Å². The molecular weight excluding hydrogens is 448 g/mol. The first-order valence-corrected chi connectivity index (χ1v) is 11.0. The molecule has 0 atom stereocenters. The number of nitrogens with one attached hydrogen (secondary N) is 2. The number of hydrogen-bond acceptors (Lipinski definition) is 9. The summed E-state index contributed by atoms with van der Waals surface area (Å²) in [5.41, 5.74) is 10.3. The largest absolute Gasteiger partial charge is 0.475 e. The van der Waals surface area contributed by atoms with Gasteiger partial charge in [0, 0.05) is 12.4 Å². The summed E-state index contributed by atoms with van der Waals surface area (Å²) in [6.07, 6.45) is 6.84. The lowest BCUT2D eigenvalue weighted by Gasteiger charge is -2.16. The van der Waals surface area contributed by atoms with Gasteiger partial charge in [-0.25, -0.2) is 14.0 Å². The summed E-state index contributed by atoms with van der Waals surface area (Å²) in [6, 6.07) is 11.3. The summed E-state index contributed by atoms with van der Waals surface area (Å²) in [7, 11) is 0. The van der Waals surface area contributed by atoms with Gasteiger partial charge in [-0.3, -0.25) is 5.41 Å². The highest BCUT2D eigenvalue weighted by atomic mass is 16.5. The maximum atomic E-state index is 9.20. The molecule has 0 saturated carbocycles. The highest BCUT2D eigenvalue weighted by molar-refractivity contribution is 6.24. The van der Waals surface area contributed by atoms with Crippen LogP contribution in [0, 0.1) is 5.41 Å². The first-order valence-electron chi connectivity index (χ1n) is 11.0. The summed E-state index contributed by atoms with van der Waals surface area (Å²) >= 11 is 0. The molecule has 4 heterocycles. The number of rotatable bonds is 8. The van der Waals surface area contributed by atoms with Gasteiger partial charge in [-0.2, -0.15) is 0 Å². The zero-order valence-corrected chi connectivity index (χ0v) is 19.0. The Balaban J connectivity index is 1.58. The molecule has 11 heteroatoms. The molecule has 0 unspecified atom stereocenters. The fourth-order valence-electron chi connectivity index (χ4n) is 3.70. The average Bonchev–Trinajstić information content (AvgIpc) is 3.38. The highest BCUT2D eigenvalue weighted by Gasteiger charge is 2.21. The molecule has 4 aromatic rings. The quantitative estimate of drug-likeness (QED) is 0.288. The zero-order chi connectivity index (χ0) is 24.4. The van der Waals surface area contributed by atoms with Crippen LogP contribution in [0.4, 0.5) is 11.4 Å². The summed E-state index contributed by atoms with van der Waals surface area (Å²) in [6.45, 7) is 2.25. The number of nitrogens with zero attached hydrogens (tertiary/aromatic N) is 5. The van der Waals surface area contributed by atoms with Crippen LogP contribution in [0.2, 0.25) is 0 Å². The van der Waals surface area contributed by atoms with Crippen molar-refractivity contribution in [3.63, 3.8) is 0 Å². The van der Waals surface area contributed by atoms with E-state index in [1.54, 1.807) is 21.3 Å². The van der Waals surface area contributed by atoms with Crippen molar-refractivity contribution in [2.24, 2.45) is 10.7 Å². The maximum Gasteiger partial charge on any atom is 0.260 e. The summed E-state index contributed by atoms with van der Waals surface area (Å²) in [5.74, 6) is 0.700. The molecule has 0 spiro atoms. The van der Waals surface area contributed by atoms with Gasteiger partial charge >= 0.3 is 0 Å². The van der Waals surface area contributed by atoms with E-state index in [1.807, 2.05) is 49.5 Å². The van der Waals surface area contributed by atoms with Crippen LogP contribution in [-0.2, 0) is 0 Å². The van der Waals surface area contributed by atoms with Gasteiger partial charge in [-0.05, 0) is 43.3 Å². The lowest BCUT2D eigenvalue weighted by atomic mass is 10.0. The van der Waals surface area contributed by atoms with Crippen LogP contribution >= 0.6 is 0 Å². The Bertz CT molecular complexity index is 1510. The van der Waals surface area contributed by atoms with Crippen molar-refractivity contribution in [1.82, 2.24) is 19.2 Å². The topological polar surface area (TPSA) is 148 Å². The molecule has 1 aliphatic carbocycles. The van der Waals surface area contributed by atoms with Crippen LogP contribution in [-0.4, -0.2) is 55.6 Å². The van der Waals surface area contributed by atoms with Crippen LogP contribution < -0.4 is 20.5 Å². The van der Waals surface area contributed by atoms with E-state index in [4.69, 9.17) is 25.6 Å². The van der Waals surface area contributed by atoms with Crippen molar-refractivity contribution in [3.05, 3.63) is 72.3 Å². The number of aliphatic hydroxyl groups excluding tert-OH is 1. The van der Waals surface area contributed by atoms with Crippen molar-refractivity contribution in [2.45, 2.75) is 6.92 Å². The molecule has 0 aromatic carbocycles. The molecule has 0 fully saturated rings. The molecule has 178 valence electrons. The van der Waals surface area contributed by atoms with Crippen LogP contribution in [0.1, 0.15) is 6.92 Å². The Hall–Kier alpha value is -4.64. The van der Waals surface area contributed by atoms with E-state index >= 15 is 0 Å². The summed E-state index contributed by atoms with van der Waals surface area (Å²) in [4.78, 5) is 4.74. The normalized spacial score (nSPS) is 14.9. The van der Waals surface area contributed by atoms with Crippen LogP contribution in [0.15, 0.2) is 77.3 Å². The Labute approximate surface area is 200 Å². The second-order valence-corrected chi connectivity index (χ2v) is 7.59. The third-order valence-electron chi connectivity index (χ3n) is 5.26. The van der Waals surface area contributed by atoms with Crippen LogP contribution in [0.3, 0.4) is 0 Å². The zero-order valence-electron chi connectivity index (χ0n) is 19.0. The van der Waals surface area contributed by atoms with Crippen molar-refractivity contribution >= 4 is 33.8 Å². The van der Waals surface area contributed by atoms with E-state index < -0.39 is 0 Å². The van der Waals surface area contributed by atoms with E-state index in [0.717, 1.165) is 5.52 Å². The van der Waals surface area contributed by atoms with Gasteiger partial charge < -0.3 is 25.6 Å². The number of aliphatic hydroxyl groups is 1. The number of nitrogens with two attached hydrogens (primary N) is 1. The average molecular weight is 473 g/mol. The minimum atomic E-state index is -0.154. The molecule has 5 N–H and O–H groups in total. The number of allylic oxidation sites excluding steroid dienone is 2. The smallest absolute Gasteiger partial charge is 0.260 e. The molecule has 0 bridgehead atoms. The van der Waals surface area contributed by atoms with E-state index in [-0.39, 0.29) is 24.8 Å². The number of aliphatic imine (C=N–C) groups is 1. The van der Waals surface area contributed by atoms with E-state index in [1.165, 1.54) is 6.08 Å². The molecule has 11 nitrogen and oxygen atoms in total. The fourth-order valence-corrected chi connectivity index (χ4v) is 3.70. The summed E-state index contributed by atoms with van der Waals surface area (Å²) < 4.78 is 14.7. The second-order valence-electron chi connectivity index (χ2n) is 7.59. The fraction of sp³-hybridized carbons (Fsp3) is 0.167. The minimum absolute atomic E-state index is 0.0787. The third kappa shape index (κ3) is 4.20. The molecule has 35 heavy (non-hydrogen) atoms. The monoisotopic (exact) mass is 472 g/mol. The van der Waals surface area contributed by atoms with Gasteiger partial charge in [0.25, 0.3) is 11.8 Å². The van der Waals surface area contributed by atoms with Gasteiger partial charge in [0.1, 0.15) is 12.3 Å². The Morgan fingerprint density at radius 3 is 2.49 bits per heavy atom. The maximum absolute atomic E-state index is 9.20. The van der Waals surface area contributed by atoms with Crippen molar-refractivity contribution < 1.29 is 14.6 Å². The van der Waals surface area contributed by atoms with Crippen LogP contribution in [0.5, 0.6) is 11.8 Å². The van der Waals surface area contributed by atoms with Gasteiger partial charge in [-0.1, -0.05) is 12.1 Å². The van der Waals surface area contributed by atoms with E-state index in [2.05, 4.69) is 15.5 Å². The Morgan fingerprint density at radius 1 is 1.03 bits per heavy atom.